The largest absolute Gasteiger partial charge is 0.461 e. The highest BCUT2D eigenvalue weighted by Crippen LogP contribution is 2.29. The highest BCUT2D eigenvalue weighted by atomic mass is 32.1. The van der Waals surface area contributed by atoms with Crippen molar-refractivity contribution in [3.63, 3.8) is 0 Å². The van der Waals surface area contributed by atoms with Crippen molar-refractivity contribution in [3.8, 4) is 10.6 Å². The quantitative estimate of drug-likeness (QED) is 0.687. The maximum atomic E-state index is 12.0. The van der Waals surface area contributed by atoms with Gasteiger partial charge in [0, 0.05) is 6.20 Å². The topological polar surface area (TPSA) is 43.6 Å². The number of ether oxygens (including phenoxy) is 1. The number of fused-ring (bicyclic) bond motifs is 1. The Morgan fingerprint density at radius 1 is 1.37 bits per heavy atom. The molecule has 3 heterocycles. The first-order valence-electron chi connectivity index (χ1n) is 5.99. The van der Waals surface area contributed by atoms with Gasteiger partial charge < -0.3 is 4.74 Å². The molecule has 0 amide bonds. The number of imidazole rings is 1. The molecule has 3 rings (SSSR count). The van der Waals surface area contributed by atoms with Crippen molar-refractivity contribution in [3.05, 3.63) is 47.6 Å². The molecule has 5 heteroatoms. The van der Waals surface area contributed by atoms with Gasteiger partial charge in [0.25, 0.3) is 0 Å². The van der Waals surface area contributed by atoms with Crippen LogP contribution in [0.5, 0.6) is 0 Å². The zero-order valence-electron chi connectivity index (χ0n) is 10.4. The van der Waals surface area contributed by atoms with Crippen LogP contribution in [0.15, 0.2) is 41.9 Å². The number of aromatic nitrogens is 2. The van der Waals surface area contributed by atoms with Gasteiger partial charge in [0.1, 0.15) is 5.65 Å². The van der Waals surface area contributed by atoms with Gasteiger partial charge in [-0.2, -0.15) is 0 Å². The molecule has 0 atom stereocenters. The van der Waals surface area contributed by atoms with E-state index in [9.17, 15) is 4.79 Å². The minimum atomic E-state index is -0.380. The van der Waals surface area contributed by atoms with Gasteiger partial charge in [0.2, 0.25) is 0 Å². The Morgan fingerprint density at radius 2 is 2.26 bits per heavy atom. The Balaban J connectivity index is 2.26. The van der Waals surface area contributed by atoms with Crippen molar-refractivity contribution in [2.75, 3.05) is 6.61 Å². The molecule has 0 radical (unpaired) electrons. The van der Waals surface area contributed by atoms with Crippen molar-refractivity contribution < 1.29 is 9.53 Å². The Hall–Kier alpha value is -2.14. The van der Waals surface area contributed by atoms with Crippen LogP contribution in [-0.4, -0.2) is 22.0 Å². The van der Waals surface area contributed by atoms with Gasteiger partial charge in [0.05, 0.1) is 17.2 Å². The fourth-order valence-electron chi connectivity index (χ4n) is 1.99. The predicted octanol–water partition coefficient (Wildman–Crippen LogP) is 3.24. The fourth-order valence-corrected chi connectivity index (χ4v) is 2.75. The number of carbonyl (C=O) groups is 1. The predicted molar refractivity (Wildman–Crippen MR) is 74.5 cm³/mol. The third kappa shape index (κ3) is 2.02. The zero-order valence-corrected chi connectivity index (χ0v) is 11.2. The van der Waals surface area contributed by atoms with E-state index in [1.807, 2.05) is 46.3 Å². The summed E-state index contributed by atoms with van der Waals surface area (Å²) < 4.78 is 7.00. The molecule has 0 fully saturated rings. The van der Waals surface area contributed by atoms with Crippen LogP contribution in [0.4, 0.5) is 0 Å². The van der Waals surface area contributed by atoms with E-state index in [0.717, 1.165) is 16.2 Å². The van der Waals surface area contributed by atoms with Crippen LogP contribution in [0, 0.1) is 0 Å². The number of hydrogen-bond donors (Lipinski definition) is 0. The molecule has 0 aromatic carbocycles. The number of hydrogen-bond acceptors (Lipinski definition) is 4. The van der Waals surface area contributed by atoms with Crippen molar-refractivity contribution in [2.45, 2.75) is 6.92 Å². The van der Waals surface area contributed by atoms with Crippen LogP contribution in [0.25, 0.3) is 16.2 Å². The number of pyridine rings is 1. The molecule has 0 aliphatic heterocycles. The van der Waals surface area contributed by atoms with E-state index in [1.54, 1.807) is 18.3 Å². The Bertz CT molecular complexity index is 716. The molecule has 0 saturated heterocycles. The van der Waals surface area contributed by atoms with Crippen LogP contribution < -0.4 is 0 Å². The summed E-state index contributed by atoms with van der Waals surface area (Å²) >= 11 is 1.58. The number of esters is 1. The van der Waals surface area contributed by atoms with Gasteiger partial charge >= 0.3 is 5.97 Å². The van der Waals surface area contributed by atoms with Crippen molar-refractivity contribution in [1.82, 2.24) is 9.38 Å². The summed E-state index contributed by atoms with van der Waals surface area (Å²) in [6.45, 7) is 2.13. The van der Waals surface area contributed by atoms with Crippen LogP contribution >= 0.6 is 11.3 Å². The summed E-state index contributed by atoms with van der Waals surface area (Å²) in [7, 11) is 0. The molecule has 0 bridgehead atoms. The summed E-state index contributed by atoms with van der Waals surface area (Å²) in [5, 5.41) is 1.98. The zero-order chi connectivity index (χ0) is 13.2. The molecule has 3 aromatic heterocycles. The Kier molecular flexibility index (Phi) is 3.05. The molecule has 0 spiro atoms. The van der Waals surface area contributed by atoms with Crippen LogP contribution in [0.3, 0.4) is 0 Å². The first-order chi connectivity index (χ1) is 9.31. The number of thiophene rings is 1. The molecule has 0 aliphatic carbocycles. The Labute approximate surface area is 114 Å². The van der Waals surface area contributed by atoms with Gasteiger partial charge in [0.15, 0.2) is 5.69 Å². The second-order valence-electron chi connectivity index (χ2n) is 3.94. The lowest BCUT2D eigenvalue weighted by Crippen LogP contribution is -2.06. The van der Waals surface area contributed by atoms with Gasteiger partial charge in [-0.25, -0.2) is 9.78 Å². The van der Waals surface area contributed by atoms with E-state index in [-0.39, 0.29) is 5.97 Å². The molecule has 19 heavy (non-hydrogen) atoms. The standard InChI is InChI=1S/C14H12N2O2S/c1-2-18-14(17)12-13(10-6-5-9-19-10)16-8-4-3-7-11(16)15-12/h3-9H,2H2,1H3. The Morgan fingerprint density at radius 3 is 3.00 bits per heavy atom. The molecular weight excluding hydrogens is 260 g/mol. The maximum Gasteiger partial charge on any atom is 0.359 e. The van der Waals surface area contributed by atoms with E-state index in [0.29, 0.717) is 12.3 Å². The van der Waals surface area contributed by atoms with Gasteiger partial charge in [-0.1, -0.05) is 12.1 Å². The third-order valence-corrected chi connectivity index (χ3v) is 3.63. The summed E-state index contributed by atoms with van der Waals surface area (Å²) in [5.41, 5.74) is 1.91. The number of rotatable bonds is 3. The molecule has 96 valence electrons. The fraction of sp³-hybridized carbons (Fsp3) is 0.143. The number of carbonyl (C=O) groups excluding carboxylic acids is 1. The van der Waals surface area contributed by atoms with E-state index >= 15 is 0 Å². The normalized spacial score (nSPS) is 10.8. The second kappa shape index (κ2) is 4.85. The summed E-state index contributed by atoms with van der Waals surface area (Å²) in [6.07, 6.45) is 1.90. The third-order valence-electron chi connectivity index (χ3n) is 2.75. The first-order valence-corrected chi connectivity index (χ1v) is 6.87. The molecule has 0 unspecified atom stereocenters. The monoisotopic (exact) mass is 272 g/mol. The smallest absolute Gasteiger partial charge is 0.359 e. The minimum Gasteiger partial charge on any atom is -0.461 e. The molecule has 0 aliphatic rings. The van der Waals surface area contributed by atoms with E-state index in [4.69, 9.17) is 4.74 Å². The van der Waals surface area contributed by atoms with Gasteiger partial charge in [-0.3, -0.25) is 4.40 Å². The van der Waals surface area contributed by atoms with Crippen LogP contribution in [0.1, 0.15) is 17.4 Å². The lowest BCUT2D eigenvalue weighted by Gasteiger charge is -2.02. The molecule has 4 nitrogen and oxygen atoms in total. The summed E-state index contributed by atoms with van der Waals surface area (Å²) in [5.74, 6) is -0.380. The van der Waals surface area contributed by atoms with E-state index < -0.39 is 0 Å². The van der Waals surface area contributed by atoms with Crippen molar-refractivity contribution >= 4 is 23.0 Å². The van der Waals surface area contributed by atoms with E-state index in [2.05, 4.69) is 4.98 Å². The van der Waals surface area contributed by atoms with Gasteiger partial charge in [-0.15, -0.1) is 11.3 Å². The minimum absolute atomic E-state index is 0.344. The van der Waals surface area contributed by atoms with Crippen LogP contribution in [-0.2, 0) is 4.74 Å². The number of nitrogens with zero attached hydrogens (tertiary/aromatic N) is 2. The molecule has 3 aromatic rings. The highest BCUT2D eigenvalue weighted by Gasteiger charge is 2.21. The highest BCUT2D eigenvalue weighted by molar-refractivity contribution is 7.13. The molecule has 0 N–H and O–H groups in total. The van der Waals surface area contributed by atoms with Crippen molar-refractivity contribution in [1.29, 1.82) is 0 Å². The maximum absolute atomic E-state index is 12.0. The average molecular weight is 272 g/mol. The summed E-state index contributed by atoms with van der Waals surface area (Å²) in [4.78, 5) is 17.4. The first kappa shape index (κ1) is 11.9. The van der Waals surface area contributed by atoms with E-state index in [1.165, 1.54) is 0 Å². The molecular formula is C14H12N2O2S. The summed E-state index contributed by atoms with van der Waals surface area (Å²) in [6, 6.07) is 9.62. The lowest BCUT2D eigenvalue weighted by molar-refractivity contribution is 0.0521. The lowest BCUT2D eigenvalue weighted by atomic mass is 10.2. The second-order valence-corrected chi connectivity index (χ2v) is 4.88. The molecule has 0 saturated carbocycles. The van der Waals surface area contributed by atoms with Gasteiger partial charge in [-0.05, 0) is 30.5 Å². The van der Waals surface area contributed by atoms with Crippen molar-refractivity contribution in [2.24, 2.45) is 0 Å². The average Bonchev–Trinajstić information content (AvgIpc) is 3.05. The SMILES string of the molecule is CCOC(=O)c1nc2ccccn2c1-c1cccs1. The van der Waals surface area contributed by atoms with Crippen LogP contribution in [0.2, 0.25) is 0 Å².